The monoisotopic (exact) mass is 313 g/mol. The average molecular weight is 313 g/mol. The number of nitrogens with zero attached hydrogens (tertiary/aromatic N) is 1. The number of cyclic esters (lactones) is 1. The Morgan fingerprint density at radius 1 is 0.917 bits per heavy atom. The van der Waals surface area contributed by atoms with E-state index < -0.39 is 5.97 Å². The molecular formula is C21H15NO2. The molecule has 0 atom stereocenters. The molecule has 0 aromatic heterocycles. The van der Waals surface area contributed by atoms with Crippen LogP contribution in [0.5, 0.6) is 0 Å². The van der Waals surface area contributed by atoms with Crippen LogP contribution in [0.15, 0.2) is 77.4 Å². The second-order valence-electron chi connectivity index (χ2n) is 5.81. The Bertz CT molecular complexity index is 998. The number of carbonyl (C=O) groups is 1. The van der Waals surface area contributed by atoms with Crippen LogP contribution in [0, 0.1) is 6.92 Å². The van der Waals surface area contributed by atoms with Gasteiger partial charge in [0, 0.05) is 5.56 Å². The highest BCUT2D eigenvalue weighted by atomic mass is 16.6. The van der Waals surface area contributed by atoms with Gasteiger partial charge in [-0.1, -0.05) is 54.1 Å². The predicted octanol–water partition coefficient (Wildman–Crippen LogP) is 4.49. The van der Waals surface area contributed by atoms with Crippen molar-refractivity contribution in [2.45, 2.75) is 6.92 Å². The first-order valence-electron chi connectivity index (χ1n) is 7.77. The van der Waals surface area contributed by atoms with Gasteiger partial charge in [-0.15, -0.1) is 0 Å². The van der Waals surface area contributed by atoms with E-state index in [1.165, 1.54) is 0 Å². The van der Waals surface area contributed by atoms with E-state index in [4.69, 9.17) is 4.74 Å². The average Bonchev–Trinajstić information content (AvgIpc) is 2.96. The van der Waals surface area contributed by atoms with Crippen molar-refractivity contribution >= 4 is 28.7 Å². The van der Waals surface area contributed by atoms with Crippen LogP contribution in [-0.4, -0.2) is 11.9 Å². The molecule has 0 amide bonds. The van der Waals surface area contributed by atoms with Crippen LogP contribution < -0.4 is 0 Å². The van der Waals surface area contributed by atoms with Gasteiger partial charge in [0.25, 0.3) is 0 Å². The summed E-state index contributed by atoms with van der Waals surface area (Å²) in [7, 11) is 0. The third kappa shape index (κ3) is 2.72. The SMILES string of the molecule is Cc1ccc(C2=N/C(=C\c3ccc4ccccc4c3)C(=O)O2)cc1. The zero-order chi connectivity index (χ0) is 16.5. The second-order valence-corrected chi connectivity index (χ2v) is 5.81. The molecule has 0 saturated carbocycles. The first-order valence-corrected chi connectivity index (χ1v) is 7.77. The van der Waals surface area contributed by atoms with Crippen molar-refractivity contribution in [2.75, 3.05) is 0 Å². The molecule has 24 heavy (non-hydrogen) atoms. The summed E-state index contributed by atoms with van der Waals surface area (Å²) in [5, 5.41) is 2.29. The van der Waals surface area contributed by atoms with E-state index >= 15 is 0 Å². The Hall–Kier alpha value is -3.20. The number of hydrogen-bond acceptors (Lipinski definition) is 3. The predicted molar refractivity (Wildman–Crippen MR) is 95.7 cm³/mol. The lowest BCUT2D eigenvalue weighted by Gasteiger charge is -1.99. The van der Waals surface area contributed by atoms with Gasteiger partial charge in [-0.25, -0.2) is 9.79 Å². The first kappa shape index (κ1) is 14.4. The largest absolute Gasteiger partial charge is 0.402 e. The topological polar surface area (TPSA) is 38.7 Å². The van der Waals surface area contributed by atoms with Gasteiger partial charge in [-0.05, 0) is 47.5 Å². The summed E-state index contributed by atoms with van der Waals surface area (Å²) < 4.78 is 5.30. The van der Waals surface area contributed by atoms with Crippen molar-refractivity contribution in [1.29, 1.82) is 0 Å². The second kappa shape index (κ2) is 5.78. The molecule has 3 nitrogen and oxygen atoms in total. The van der Waals surface area contributed by atoms with Gasteiger partial charge < -0.3 is 4.74 Å². The number of fused-ring (bicyclic) bond motifs is 1. The summed E-state index contributed by atoms with van der Waals surface area (Å²) in [4.78, 5) is 16.4. The van der Waals surface area contributed by atoms with Crippen LogP contribution in [0.25, 0.3) is 16.8 Å². The Morgan fingerprint density at radius 3 is 2.46 bits per heavy atom. The van der Waals surface area contributed by atoms with Gasteiger partial charge in [0.2, 0.25) is 5.90 Å². The normalized spacial score (nSPS) is 15.6. The van der Waals surface area contributed by atoms with E-state index in [1.54, 1.807) is 6.08 Å². The number of benzene rings is 3. The summed E-state index contributed by atoms with van der Waals surface area (Å²) in [6, 6.07) is 21.9. The molecule has 3 aromatic carbocycles. The molecule has 0 aliphatic carbocycles. The highest BCUT2D eigenvalue weighted by Gasteiger charge is 2.23. The third-order valence-corrected chi connectivity index (χ3v) is 4.00. The molecule has 1 aliphatic heterocycles. The molecule has 1 aliphatic rings. The maximum absolute atomic E-state index is 12.1. The third-order valence-electron chi connectivity index (χ3n) is 4.00. The number of hydrogen-bond donors (Lipinski definition) is 0. The lowest BCUT2D eigenvalue weighted by Crippen LogP contribution is -2.05. The Morgan fingerprint density at radius 2 is 1.67 bits per heavy atom. The van der Waals surface area contributed by atoms with E-state index in [0.717, 1.165) is 27.5 Å². The van der Waals surface area contributed by atoms with Crippen molar-refractivity contribution in [3.8, 4) is 0 Å². The quantitative estimate of drug-likeness (QED) is 0.516. The van der Waals surface area contributed by atoms with Crippen LogP contribution in [0.4, 0.5) is 0 Å². The van der Waals surface area contributed by atoms with Crippen LogP contribution in [0.2, 0.25) is 0 Å². The molecule has 0 spiro atoms. The maximum Gasteiger partial charge on any atom is 0.363 e. The molecule has 0 unspecified atom stereocenters. The summed E-state index contributed by atoms with van der Waals surface area (Å²) in [5.74, 6) is -0.0641. The molecule has 3 aromatic rings. The van der Waals surface area contributed by atoms with Crippen molar-refractivity contribution < 1.29 is 9.53 Å². The molecule has 1 heterocycles. The molecule has 0 saturated heterocycles. The minimum atomic E-state index is -0.418. The van der Waals surface area contributed by atoms with Gasteiger partial charge in [0.05, 0.1) is 0 Å². The fraction of sp³-hybridized carbons (Fsp3) is 0.0476. The smallest absolute Gasteiger partial charge is 0.363 e. The molecule has 0 bridgehead atoms. The van der Waals surface area contributed by atoms with Crippen LogP contribution >= 0.6 is 0 Å². The number of aliphatic imine (C=N–C) groups is 1. The van der Waals surface area contributed by atoms with Gasteiger partial charge >= 0.3 is 5.97 Å². The van der Waals surface area contributed by atoms with Gasteiger partial charge in [0.15, 0.2) is 5.70 Å². The molecule has 116 valence electrons. The zero-order valence-electron chi connectivity index (χ0n) is 13.2. The lowest BCUT2D eigenvalue weighted by atomic mass is 10.1. The molecule has 0 fully saturated rings. The summed E-state index contributed by atoms with van der Waals surface area (Å²) >= 11 is 0. The number of ether oxygens (including phenoxy) is 1. The fourth-order valence-corrected chi connectivity index (χ4v) is 2.68. The lowest BCUT2D eigenvalue weighted by molar-refractivity contribution is -0.129. The van der Waals surface area contributed by atoms with Crippen LogP contribution in [-0.2, 0) is 9.53 Å². The molecule has 0 N–H and O–H groups in total. The minimum Gasteiger partial charge on any atom is -0.402 e. The van der Waals surface area contributed by atoms with Crippen LogP contribution in [0.1, 0.15) is 16.7 Å². The van der Waals surface area contributed by atoms with E-state index in [-0.39, 0.29) is 0 Å². The Labute approximate surface area is 139 Å². The van der Waals surface area contributed by atoms with E-state index in [2.05, 4.69) is 11.1 Å². The molecule has 4 rings (SSSR count). The zero-order valence-corrected chi connectivity index (χ0v) is 13.2. The number of aryl methyl sites for hydroxylation is 1. The van der Waals surface area contributed by atoms with Gasteiger partial charge in [0.1, 0.15) is 0 Å². The van der Waals surface area contributed by atoms with Crippen molar-refractivity contribution in [3.63, 3.8) is 0 Å². The van der Waals surface area contributed by atoms with Crippen molar-refractivity contribution in [1.82, 2.24) is 0 Å². The number of esters is 1. The highest BCUT2D eigenvalue weighted by molar-refractivity contribution is 6.13. The maximum atomic E-state index is 12.1. The van der Waals surface area contributed by atoms with Crippen molar-refractivity contribution in [2.24, 2.45) is 4.99 Å². The number of carbonyl (C=O) groups excluding carboxylic acids is 1. The molecular weight excluding hydrogens is 298 g/mol. The highest BCUT2D eigenvalue weighted by Crippen LogP contribution is 2.22. The first-order chi connectivity index (χ1) is 11.7. The van der Waals surface area contributed by atoms with Gasteiger partial charge in [-0.2, -0.15) is 0 Å². The van der Waals surface area contributed by atoms with E-state index in [1.807, 2.05) is 67.6 Å². The molecule has 0 radical (unpaired) electrons. The fourth-order valence-electron chi connectivity index (χ4n) is 2.68. The van der Waals surface area contributed by atoms with E-state index in [0.29, 0.717) is 11.6 Å². The Balaban J connectivity index is 1.70. The number of rotatable bonds is 2. The van der Waals surface area contributed by atoms with E-state index in [9.17, 15) is 4.79 Å². The van der Waals surface area contributed by atoms with Gasteiger partial charge in [-0.3, -0.25) is 0 Å². The summed E-state index contributed by atoms with van der Waals surface area (Å²) in [5.41, 5.74) is 3.20. The summed E-state index contributed by atoms with van der Waals surface area (Å²) in [6.45, 7) is 2.01. The van der Waals surface area contributed by atoms with Crippen molar-refractivity contribution in [3.05, 3.63) is 89.1 Å². The standard InChI is InChI=1S/C21H15NO2/c1-14-6-9-17(10-7-14)20-22-19(21(23)24-20)13-15-8-11-16-4-2-3-5-18(16)12-15/h2-13H,1H3/b19-13-. The Kier molecular flexibility index (Phi) is 3.47. The summed E-state index contributed by atoms with van der Waals surface area (Å²) in [6.07, 6.45) is 1.76. The minimum absolute atomic E-state index is 0.320. The molecule has 3 heteroatoms. The van der Waals surface area contributed by atoms with Crippen LogP contribution in [0.3, 0.4) is 0 Å².